The average molecular weight is 327 g/mol. The monoisotopic (exact) mass is 327 g/mol. The molecule has 2 atom stereocenters. The van der Waals surface area contributed by atoms with Crippen molar-refractivity contribution in [1.29, 1.82) is 0 Å². The molecule has 0 fully saturated rings. The zero-order valence-corrected chi connectivity index (χ0v) is 14.2. The second kappa shape index (κ2) is 7.09. The van der Waals surface area contributed by atoms with Gasteiger partial charge in [0.1, 0.15) is 5.75 Å². The average Bonchev–Trinajstić information content (AvgIpc) is 2.57. The summed E-state index contributed by atoms with van der Waals surface area (Å²) in [5, 5.41) is 3.03. The molecule has 1 aliphatic heterocycles. The Labute approximate surface area is 141 Å². The summed E-state index contributed by atoms with van der Waals surface area (Å²) in [6.45, 7) is 4.65. The van der Waals surface area contributed by atoms with Crippen LogP contribution in [0.4, 0.5) is 0 Å². The number of ether oxygens (including phenoxy) is 1. The van der Waals surface area contributed by atoms with E-state index < -0.39 is 0 Å². The molecule has 3 rings (SSSR count). The molecule has 23 heavy (non-hydrogen) atoms. The van der Waals surface area contributed by atoms with Crippen LogP contribution >= 0.6 is 11.8 Å². The molecular formula is C19H21NO2S. The summed E-state index contributed by atoms with van der Waals surface area (Å²) in [5.74, 6) is 0.945. The fraction of sp³-hybridized carbons (Fsp3) is 0.316. The van der Waals surface area contributed by atoms with Crippen molar-refractivity contribution in [1.82, 2.24) is 5.32 Å². The van der Waals surface area contributed by atoms with Crippen molar-refractivity contribution >= 4 is 17.7 Å². The Morgan fingerprint density at radius 1 is 1.22 bits per heavy atom. The van der Waals surface area contributed by atoms with Gasteiger partial charge < -0.3 is 10.1 Å². The van der Waals surface area contributed by atoms with E-state index in [0.29, 0.717) is 6.61 Å². The minimum absolute atomic E-state index is 0.0357. The maximum Gasteiger partial charge on any atom is 0.233 e. The van der Waals surface area contributed by atoms with Gasteiger partial charge in [0, 0.05) is 16.9 Å². The fourth-order valence-corrected chi connectivity index (χ4v) is 3.53. The van der Waals surface area contributed by atoms with E-state index in [1.807, 2.05) is 31.2 Å². The summed E-state index contributed by atoms with van der Waals surface area (Å²) < 4.78 is 5.65. The van der Waals surface area contributed by atoms with Gasteiger partial charge in [-0.15, -0.1) is 11.8 Å². The van der Waals surface area contributed by atoms with Crippen LogP contribution in [0.25, 0.3) is 0 Å². The number of benzene rings is 2. The summed E-state index contributed by atoms with van der Waals surface area (Å²) in [7, 11) is 0. The third kappa shape index (κ3) is 3.88. The molecule has 0 unspecified atom stereocenters. The molecule has 1 amide bonds. The molecule has 2 aromatic carbocycles. The number of thioether (sulfide) groups is 1. The van der Waals surface area contributed by atoms with Gasteiger partial charge in [-0.25, -0.2) is 0 Å². The lowest BCUT2D eigenvalue weighted by Gasteiger charge is -2.27. The predicted molar refractivity (Wildman–Crippen MR) is 93.9 cm³/mol. The van der Waals surface area contributed by atoms with Crippen LogP contribution in [0, 0.1) is 6.92 Å². The van der Waals surface area contributed by atoms with Crippen molar-refractivity contribution < 1.29 is 9.53 Å². The van der Waals surface area contributed by atoms with Crippen LogP contribution in [-0.4, -0.2) is 17.8 Å². The standard InChI is InChI=1S/C19H21NO2S/c1-13-7-9-15(10-8-13)23-14(2)19(21)20-17-11-12-22-18-6-4-3-5-16(17)18/h3-10,14,17H,11-12H2,1-2H3,(H,20,21)/t14-,17-/m1/s1. The van der Waals surface area contributed by atoms with E-state index >= 15 is 0 Å². The molecular weight excluding hydrogens is 306 g/mol. The maximum absolute atomic E-state index is 12.5. The first-order valence-corrected chi connectivity index (χ1v) is 8.77. The van der Waals surface area contributed by atoms with Gasteiger partial charge in [0.25, 0.3) is 0 Å². The summed E-state index contributed by atoms with van der Waals surface area (Å²) in [5.41, 5.74) is 2.30. The first kappa shape index (κ1) is 15.9. The smallest absolute Gasteiger partial charge is 0.233 e. The Balaban J connectivity index is 1.64. The SMILES string of the molecule is Cc1ccc(S[C@H](C)C(=O)N[C@@H]2CCOc3ccccc32)cc1. The second-order valence-electron chi connectivity index (χ2n) is 5.81. The van der Waals surface area contributed by atoms with Gasteiger partial charge in [-0.3, -0.25) is 4.79 Å². The third-order valence-corrected chi connectivity index (χ3v) is 5.09. The van der Waals surface area contributed by atoms with Gasteiger partial charge in [-0.05, 0) is 32.0 Å². The molecule has 2 aromatic rings. The molecule has 120 valence electrons. The number of carbonyl (C=O) groups excluding carboxylic acids is 1. The fourth-order valence-electron chi connectivity index (χ4n) is 2.66. The van der Waals surface area contributed by atoms with Gasteiger partial charge in [0.05, 0.1) is 17.9 Å². The van der Waals surface area contributed by atoms with Crippen molar-refractivity contribution in [3.63, 3.8) is 0 Å². The minimum atomic E-state index is -0.132. The van der Waals surface area contributed by atoms with E-state index in [1.165, 1.54) is 5.56 Å². The molecule has 0 radical (unpaired) electrons. The Morgan fingerprint density at radius 3 is 2.74 bits per heavy atom. The van der Waals surface area contributed by atoms with Gasteiger partial charge in [-0.1, -0.05) is 35.9 Å². The molecule has 0 saturated carbocycles. The molecule has 0 spiro atoms. The number of aryl methyl sites for hydroxylation is 1. The molecule has 3 nitrogen and oxygen atoms in total. The van der Waals surface area contributed by atoms with Crippen LogP contribution in [0.3, 0.4) is 0 Å². The lowest BCUT2D eigenvalue weighted by Crippen LogP contribution is -2.36. The van der Waals surface area contributed by atoms with E-state index in [0.717, 1.165) is 22.6 Å². The molecule has 4 heteroatoms. The summed E-state index contributed by atoms with van der Waals surface area (Å²) >= 11 is 1.59. The number of carbonyl (C=O) groups is 1. The molecule has 1 aliphatic rings. The predicted octanol–water partition coefficient (Wildman–Crippen LogP) is 4.12. The highest BCUT2D eigenvalue weighted by molar-refractivity contribution is 8.00. The van der Waals surface area contributed by atoms with Crippen molar-refractivity contribution in [3.8, 4) is 5.75 Å². The largest absolute Gasteiger partial charge is 0.493 e. The van der Waals surface area contributed by atoms with Crippen molar-refractivity contribution in [2.75, 3.05) is 6.61 Å². The number of hydrogen-bond donors (Lipinski definition) is 1. The topological polar surface area (TPSA) is 38.3 Å². The van der Waals surface area contributed by atoms with Gasteiger partial charge in [0.15, 0.2) is 0 Å². The summed E-state index contributed by atoms with van der Waals surface area (Å²) in [6, 6.07) is 16.2. The third-order valence-electron chi connectivity index (χ3n) is 3.98. The highest BCUT2D eigenvalue weighted by Gasteiger charge is 2.24. The van der Waals surface area contributed by atoms with Gasteiger partial charge in [0.2, 0.25) is 5.91 Å². The summed E-state index contributed by atoms with van der Waals surface area (Å²) in [6.07, 6.45) is 0.810. The Bertz CT molecular complexity index is 684. The Morgan fingerprint density at radius 2 is 1.96 bits per heavy atom. The molecule has 0 saturated heterocycles. The highest BCUT2D eigenvalue weighted by Crippen LogP contribution is 2.32. The molecule has 1 heterocycles. The maximum atomic E-state index is 12.5. The Kier molecular flexibility index (Phi) is 4.91. The van der Waals surface area contributed by atoms with Crippen molar-refractivity contribution in [2.45, 2.75) is 36.5 Å². The molecule has 0 aliphatic carbocycles. The van der Waals surface area contributed by atoms with Gasteiger partial charge in [-0.2, -0.15) is 0 Å². The quantitative estimate of drug-likeness (QED) is 0.859. The van der Waals surface area contributed by atoms with Crippen molar-refractivity contribution in [2.24, 2.45) is 0 Å². The van der Waals surface area contributed by atoms with E-state index in [-0.39, 0.29) is 17.2 Å². The number of fused-ring (bicyclic) bond motifs is 1. The normalized spacial score (nSPS) is 17.7. The highest BCUT2D eigenvalue weighted by atomic mass is 32.2. The minimum Gasteiger partial charge on any atom is -0.493 e. The van der Waals surface area contributed by atoms with Crippen LogP contribution in [0.5, 0.6) is 5.75 Å². The lowest BCUT2D eigenvalue weighted by molar-refractivity contribution is -0.121. The van der Waals surface area contributed by atoms with E-state index in [2.05, 4.69) is 36.5 Å². The number of para-hydroxylation sites is 1. The number of rotatable bonds is 4. The van der Waals surface area contributed by atoms with Crippen LogP contribution in [0.15, 0.2) is 53.4 Å². The second-order valence-corrected chi connectivity index (χ2v) is 7.22. The van der Waals surface area contributed by atoms with E-state index in [9.17, 15) is 4.79 Å². The lowest BCUT2D eigenvalue weighted by atomic mass is 10.0. The summed E-state index contributed by atoms with van der Waals surface area (Å²) in [4.78, 5) is 13.6. The Hall–Kier alpha value is -1.94. The van der Waals surface area contributed by atoms with E-state index in [4.69, 9.17) is 4.74 Å². The molecule has 0 bridgehead atoms. The van der Waals surface area contributed by atoms with Crippen molar-refractivity contribution in [3.05, 3.63) is 59.7 Å². The number of amides is 1. The van der Waals surface area contributed by atoms with Crippen LogP contribution in [0.2, 0.25) is 0 Å². The van der Waals surface area contributed by atoms with Crippen LogP contribution in [-0.2, 0) is 4.79 Å². The first-order valence-electron chi connectivity index (χ1n) is 7.89. The van der Waals surface area contributed by atoms with Crippen LogP contribution < -0.4 is 10.1 Å². The number of hydrogen-bond acceptors (Lipinski definition) is 3. The van der Waals surface area contributed by atoms with E-state index in [1.54, 1.807) is 11.8 Å². The first-order chi connectivity index (χ1) is 11.1. The molecule has 0 aromatic heterocycles. The number of nitrogens with one attached hydrogen (secondary N) is 1. The molecule has 1 N–H and O–H groups in total. The zero-order valence-electron chi connectivity index (χ0n) is 13.4. The zero-order chi connectivity index (χ0) is 16.2. The van der Waals surface area contributed by atoms with Gasteiger partial charge >= 0.3 is 0 Å². The van der Waals surface area contributed by atoms with Crippen LogP contribution in [0.1, 0.15) is 30.5 Å².